The van der Waals surface area contributed by atoms with Gasteiger partial charge in [-0.15, -0.1) is 0 Å². The van der Waals surface area contributed by atoms with Crippen LogP contribution in [0.25, 0.3) is 0 Å². The summed E-state index contributed by atoms with van der Waals surface area (Å²) in [5.41, 5.74) is -0.324. The molecule has 2 rings (SSSR count). The Kier molecular flexibility index (Phi) is 5.83. The van der Waals surface area contributed by atoms with Gasteiger partial charge < -0.3 is 14.8 Å². The molecule has 0 saturated heterocycles. The van der Waals surface area contributed by atoms with Gasteiger partial charge in [0.05, 0.1) is 7.11 Å². The highest BCUT2D eigenvalue weighted by atomic mass is 19.1. The van der Waals surface area contributed by atoms with Gasteiger partial charge in [0.25, 0.3) is 5.91 Å². The van der Waals surface area contributed by atoms with Gasteiger partial charge >= 0.3 is 5.97 Å². The number of amides is 1. The maximum atomic E-state index is 13.9. The molecule has 2 aromatic rings. The summed E-state index contributed by atoms with van der Waals surface area (Å²) in [7, 11) is 1.08. The first-order valence-corrected chi connectivity index (χ1v) is 7.01. The largest absolute Gasteiger partial charge is 0.484 e. The summed E-state index contributed by atoms with van der Waals surface area (Å²) in [6.45, 7) is -0.394. The third kappa shape index (κ3) is 4.52. The number of hydrogen-bond donors (Lipinski definition) is 1. The van der Waals surface area contributed by atoms with Crippen LogP contribution in [0.3, 0.4) is 0 Å². The molecule has 0 aliphatic heterocycles. The Bertz CT molecular complexity index is 722. The summed E-state index contributed by atoms with van der Waals surface area (Å²) in [6.07, 6.45) is 0. The van der Waals surface area contributed by atoms with Crippen molar-refractivity contribution in [3.8, 4) is 5.75 Å². The number of carbonyl (C=O) groups is 2. The van der Waals surface area contributed by atoms with Crippen LogP contribution in [0, 0.1) is 11.6 Å². The molecule has 24 heavy (non-hydrogen) atoms. The number of halogens is 2. The minimum absolute atomic E-state index is 0.324. The summed E-state index contributed by atoms with van der Waals surface area (Å²) in [6, 6.07) is 9.68. The quantitative estimate of drug-likeness (QED) is 0.823. The molecule has 7 heteroatoms. The highest BCUT2D eigenvalue weighted by molar-refractivity contribution is 5.86. The van der Waals surface area contributed by atoms with Crippen molar-refractivity contribution < 1.29 is 27.8 Å². The molecule has 0 spiro atoms. The smallest absolute Gasteiger partial charge is 0.333 e. The van der Waals surface area contributed by atoms with E-state index >= 15 is 0 Å². The van der Waals surface area contributed by atoms with Gasteiger partial charge in [-0.2, -0.15) is 0 Å². The predicted molar refractivity (Wildman–Crippen MR) is 81.2 cm³/mol. The third-order valence-corrected chi connectivity index (χ3v) is 3.12. The summed E-state index contributed by atoms with van der Waals surface area (Å²) in [4.78, 5) is 23.8. The molecule has 0 radical (unpaired) electrons. The highest BCUT2D eigenvalue weighted by Crippen LogP contribution is 2.20. The molecule has 126 valence electrons. The molecule has 0 aromatic heterocycles. The molecule has 0 fully saturated rings. The van der Waals surface area contributed by atoms with Crippen molar-refractivity contribution in [3.05, 3.63) is 65.7 Å². The molecule has 2 aromatic carbocycles. The number of esters is 1. The predicted octanol–water partition coefficient (Wildman–Crippen LogP) is 2.37. The number of benzene rings is 2. The van der Waals surface area contributed by atoms with Crippen molar-refractivity contribution >= 4 is 11.9 Å². The van der Waals surface area contributed by atoms with Crippen LogP contribution >= 0.6 is 0 Å². The molecule has 1 amide bonds. The normalized spacial score (nSPS) is 11.5. The topological polar surface area (TPSA) is 64.6 Å². The van der Waals surface area contributed by atoms with Gasteiger partial charge in [-0.05, 0) is 30.3 Å². The van der Waals surface area contributed by atoms with Crippen molar-refractivity contribution in [1.82, 2.24) is 5.32 Å². The van der Waals surface area contributed by atoms with E-state index in [1.807, 2.05) is 0 Å². The van der Waals surface area contributed by atoms with Crippen molar-refractivity contribution in [2.24, 2.45) is 0 Å². The van der Waals surface area contributed by atoms with Crippen LogP contribution in [0.5, 0.6) is 5.75 Å². The van der Waals surface area contributed by atoms with Gasteiger partial charge in [0, 0.05) is 5.56 Å². The molecule has 1 atom stereocenters. The maximum absolute atomic E-state index is 13.9. The lowest BCUT2D eigenvalue weighted by molar-refractivity contribution is -0.145. The van der Waals surface area contributed by atoms with Gasteiger partial charge in [0.1, 0.15) is 17.4 Å². The number of carbonyl (C=O) groups excluding carboxylic acids is 2. The summed E-state index contributed by atoms with van der Waals surface area (Å²) < 4.78 is 37.0. The molecule has 0 heterocycles. The first-order valence-electron chi connectivity index (χ1n) is 7.01. The minimum Gasteiger partial charge on any atom is -0.484 e. The minimum atomic E-state index is -1.47. The molecule has 0 bridgehead atoms. The van der Waals surface area contributed by atoms with E-state index in [9.17, 15) is 18.4 Å². The number of ether oxygens (including phenoxy) is 2. The number of methoxy groups -OCH3 is 1. The van der Waals surface area contributed by atoms with Crippen molar-refractivity contribution in [2.45, 2.75) is 6.04 Å². The molecular formula is C17H15F2NO4. The van der Waals surface area contributed by atoms with Crippen LogP contribution in [-0.2, 0) is 14.3 Å². The second kappa shape index (κ2) is 8.05. The Labute approximate surface area is 137 Å². The second-order valence-corrected chi connectivity index (χ2v) is 4.79. The Hall–Kier alpha value is -2.96. The number of nitrogens with one attached hydrogen (secondary N) is 1. The van der Waals surface area contributed by atoms with E-state index in [-0.39, 0.29) is 5.56 Å². The van der Waals surface area contributed by atoms with Gasteiger partial charge in [-0.3, -0.25) is 4.79 Å². The zero-order chi connectivity index (χ0) is 17.5. The van der Waals surface area contributed by atoms with Crippen LogP contribution in [0.1, 0.15) is 11.6 Å². The SMILES string of the molecule is COC(=O)[C@@H](NC(=O)COc1ccccc1)c1cc(F)ccc1F. The van der Waals surface area contributed by atoms with Crippen LogP contribution < -0.4 is 10.1 Å². The van der Waals surface area contributed by atoms with Crippen LogP contribution in [0.4, 0.5) is 8.78 Å². The fourth-order valence-corrected chi connectivity index (χ4v) is 1.99. The first-order chi connectivity index (χ1) is 11.5. The van der Waals surface area contributed by atoms with Crippen molar-refractivity contribution in [2.75, 3.05) is 13.7 Å². The van der Waals surface area contributed by atoms with Crippen LogP contribution in [-0.4, -0.2) is 25.6 Å². The van der Waals surface area contributed by atoms with Crippen molar-refractivity contribution in [3.63, 3.8) is 0 Å². The fraction of sp³-hybridized carbons (Fsp3) is 0.176. The lowest BCUT2D eigenvalue weighted by atomic mass is 10.1. The first kappa shape index (κ1) is 17.4. The maximum Gasteiger partial charge on any atom is 0.333 e. The summed E-state index contributed by atoms with van der Waals surface area (Å²) >= 11 is 0. The Morgan fingerprint density at radius 2 is 1.83 bits per heavy atom. The average Bonchev–Trinajstić information content (AvgIpc) is 2.60. The zero-order valence-electron chi connectivity index (χ0n) is 12.8. The lowest BCUT2D eigenvalue weighted by Gasteiger charge is -2.17. The van der Waals surface area contributed by atoms with E-state index in [1.165, 1.54) is 0 Å². The molecule has 0 aliphatic carbocycles. The molecule has 0 saturated carbocycles. The number of hydrogen-bond acceptors (Lipinski definition) is 4. The number of para-hydroxylation sites is 1. The second-order valence-electron chi connectivity index (χ2n) is 4.79. The highest BCUT2D eigenvalue weighted by Gasteiger charge is 2.27. The van der Waals surface area contributed by atoms with Gasteiger partial charge in [0.2, 0.25) is 0 Å². The van der Waals surface area contributed by atoms with E-state index < -0.39 is 36.2 Å². The molecule has 1 N–H and O–H groups in total. The third-order valence-electron chi connectivity index (χ3n) is 3.12. The average molecular weight is 335 g/mol. The summed E-state index contributed by atoms with van der Waals surface area (Å²) in [5.74, 6) is -2.73. The molecular weight excluding hydrogens is 320 g/mol. The standard InChI is InChI=1S/C17H15F2NO4/c1-23-17(22)16(13-9-11(18)7-8-14(13)19)20-15(21)10-24-12-5-3-2-4-6-12/h2-9,16H,10H2,1H3,(H,20,21)/t16-/m0/s1. The lowest BCUT2D eigenvalue weighted by Crippen LogP contribution is -2.37. The van der Waals surface area contributed by atoms with E-state index in [0.29, 0.717) is 5.75 Å². The fourth-order valence-electron chi connectivity index (χ4n) is 1.99. The Morgan fingerprint density at radius 1 is 1.12 bits per heavy atom. The van der Waals surface area contributed by atoms with E-state index in [2.05, 4.69) is 10.1 Å². The van der Waals surface area contributed by atoms with Gasteiger partial charge in [-0.1, -0.05) is 18.2 Å². The monoisotopic (exact) mass is 335 g/mol. The Morgan fingerprint density at radius 3 is 2.50 bits per heavy atom. The molecule has 0 aliphatic rings. The van der Waals surface area contributed by atoms with Gasteiger partial charge in [-0.25, -0.2) is 13.6 Å². The van der Waals surface area contributed by atoms with Crippen LogP contribution in [0.15, 0.2) is 48.5 Å². The van der Waals surface area contributed by atoms with E-state index in [4.69, 9.17) is 4.74 Å². The van der Waals surface area contributed by atoms with Crippen molar-refractivity contribution in [1.29, 1.82) is 0 Å². The summed E-state index contributed by atoms with van der Waals surface area (Å²) in [5, 5.41) is 2.28. The van der Waals surface area contributed by atoms with Crippen LogP contribution in [0.2, 0.25) is 0 Å². The number of rotatable bonds is 6. The van der Waals surface area contributed by atoms with E-state index in [1.54, 1.807) is 30.3 Å². The molecule has 5 nitrogen and oxygen atoms in total. The zero-order valence-corrected chi connectivity index (χ0v) is 12.8. The van der Waals surface area contributed by atoms with E-state index in [0.717, 1.165) is 25.3 Å². The van der Waals surface area contributed by atoms with Gasteiger partial charge in [0.15, 0.2) is 12.6 Å². The molecule has 0 unspecified atom stereocenters. The Balaban J connectivity index is 2.10.